The lowest BCUT2D eigenvalue weighted by molar-refractivity contribution is -0.143. The van der Waals surface area contributed by atoms with Crippen molar-refractivity contribution in [3.8, 4) is 5.75 Å². The first-order chi connectivity index (χ1) is 9.63. The Labute approximate surface area is 121 Å². The highest BCUT2D eigenvalue weighted by atomic mass is 16.5. The molecule has 0 aliphatic heterocycles. The SMILES string of the molecule is COc1ccc(C2CCCCCC2C(C)C(=O)O)cc1. The van der Waals surface area contributed by atoms with E-state index in [-0.39, 0.29) is 11.8 Å². The highest BCUT2D eigenvalue weighted by Crippen LogP contribution is 2.41. The molecule has 1 fully saturated rings. The van der Waals surface area contributed by atoms with Crippen LogP contribution in [0.5, 0.6) is 5.75 Å². The van der Waals surface area contributed by atoms with Gasteiger partial charge in [0.2, 0.25) is 0 Å². The predicted octanol–water partition coefficient (Wildman–Crippen LogP) is 4.08. The number of carbonyl (C=O) groups is 1. The fourth-order valence-corrected chi connectivity index (χ4v) is 3.38. The first kappa shape index (κ1) is 14.9. The van der Waals surface area contributed by atoms with Crippen molar-refractivity contribution in [1.82, 2.24) is 0 Å². The number of benzene rings is 1. The molecule has 1 aliphatic carbocycles. The van der Waals surface area contributed by atoms with E-state index in [2.05, 4.69) is 12.1 Å². The summed E-state index contributed by atoms with van der Waals surface area (Å²) < 4.78 is 5.20. The standard InChI is InChI=1S/C17H24O3/c1-12(17(18)19)15-6-4-3-5-7-16(15)13-8-10-14(20-2)11-9-13/h8-12,15-16H,3-7H2,1-2H3,(H,18,19). The number of rotatable bonds is 4. The van der Waals surface area contributed by atoms with Crippen LogP contribution < -0.4 is 4.74 Å². The molecule has 3 atom stereocenters. The maximum absolute atomic E-state index is 11.4. The summed E-state index contributed by atoms with van der Waals surface area (Å²) >= 11 is 0. The minimum Gasteiger partial charge on any atom is -0.497 e. The largest absolute Gasteiger partial charge is 0.497 e. The normalized spacial score (nSPS) is 24.7. The van der Waals surface area contributed by atoms with Crippen LogP contribution in [0, 0.1) is 11.8 Å². The lowest BCUT2D eigenvalue weighted by Crippen LogP contribution is -2.25. The Balaban J connectivity index is 2.24. The Kier molecular flexibility index (Phi) is 5.05. The van der Waals surface area contributed by atoms with Crippen molar-refractivity contribution in [2.24, 2.45) is 11.8 Å². The van der Waals surface area contributed by atoms with Gasteiger partial charge in [-0.2, -0.15) is 0 Å². The van der Waals surface area contributed by atoms with Crippen molar-refractivity contribution < 1.29 is 14.6 Å². The number of hydrogen-bond acceptors (Lipinski definition) is 2. The minimum atomic E-state index is -0.671. The minimum absolute atomic E-state index is 0.239. The molecule has 1 N–H and O–H groups in total. The van der Waals surface area contributed by atoms with Crippen molar-refractivity contribution in [2.75, 3.05) is 7.11 Å². The second-order valence-electron chi connectivity index (χ2n) is 5.81. The van der Waals surface area contributed by atoms with Crippen LogP contribution in [-0.4, -0.2) is 18.2 Å². The van der Waals surface area contributed by atoms with Gasteiger partial charge in [0.05, 0.1) is 13.0 Å². The van der Waals surface area contributed by atoms with E-state index in [1.807, 2.05) is 19.1 Å². The lowest BCUT2D eigenvalue weighted by Gasteiger charge is -2.28. The fourth-order valence-electron chi connectivity index (χ4n) is 3.38. The number of ether oxygens (including phenoxy) is 1. The summed E-state index contributed by atoms with van der Waals surface area (Å²) in [5, 5.41) is 9.35. The van der Waals surface area contributed by atoms with Crippen LogP contribution in [-0.2, 0) is 4.79 Å². The van der Waals surface area contributed by atoms with E-state index in [0.717, 1.165) is 25.0 Å². The zero-order valence-corrected chi connectivity index (χ0v) is 12.3. The van der Waals surface area contributed by atoms with E-state index in [9.17, 15) is 9.90 Å². The van der Waals surface area contributed by atoms with Crippen LogP contribution in [0.3, 0.4) is 0 Å². The zero-order valence-electron chi connectivity index (χ0n) is 12.3. The van der Waals surface area contributed by atoms with Crippen molar-refractivity contribution in [1.29, 1.82) is 0 Å². The van der Waals surface area contributed by atoms with Crippen molar-refractivity contribution >= 4 is 5.97 Å². The van der Waals surface area contributed by atoms with Crippen LogP contribution >= 0.6 is 0 Å². The van der Waals surface area contributed by atoms with E-state index in [4.69, 9.17) is 4.74 Å². The zero-order chi connectivity index (χ0) is 14.5. The Morgan fingerprint density at radius 2 is 1.85 bits per heavy atom. The van der Waals surface area contributed by atoms with Gasteiger partial charge in [-0.15, -0.1) is 0 Å². The summed E-state index contributed by atoms with van der Waals surface area (Å²) in [6.07, 6.45) is 5.67. The summed E-state index contributed by atoms with van der Waals surface area (Å²) in [6, 6.07) is 8.14. The second-order valence-corrected chi connectivity index (χ2v) is 5.81. The molecule has 0 heterocycles. The first-order valence-electron chi connectivity index (χ1n) is 7.50. The Hall–Kier alpha value is -1.51. The third-order valence-corrected chi connectivity index (χ3v) is 4.65. The van der Waals surface area contributed by atoms with Crippen LogP contribution in [0.15, 0.2) is 24.3 Å². The molecule has 3 unspecified atom stereocenters. The number of hydrogen-bond donors (Lipinski definition) is 1. The number of carboxylic acids is 1. The summed E-state index contributed by atoms with van der Waals surface area (Å²) in [7, 11) is 1.66. The van der Waals surface area contributed by atoms with Gasteiger partial charge in [0.25, 0.3) is 0 Å². The molecule has 0 bridgehead atoms. The summed E-state index contributed by atoms with van der Waals surface area (Å²) in [5.74, 6) is 0.499. The van der Waals surface area contributed by atoms with Gasteiger partial charge in [0.1, 0.15) is 5.75 Å². The molecule has 3 heteroatoms. The van der Waals surface area contributed by atoms with Crippen molar-refractivity contribution in [2.45, 2.75) is 44.9 Å². The average molecular weight is 276 g/mol. The number of carboxylic acid groups (broad SMARTS) is 1. The molecule has 110 valence electrons. The molecule has 1 aliphatic rings. The van der Waals surface area contributed by atoms with Crippen LogP contribution in [0.4, 0.5) is 0 Å². The van der Waals surface area contributed by atoms with Gasteiger partial charge in [0.15, 0.2) is 0 Å². The molecule has 0 amide bonds. The third-order valence-electron chi connectivity index (χ3n) is 4.65. The number of methoxy groups -OCH3 is 1. The molecule has 3 nitrogen and oxygen atoms in total. The lowest BCUT2D eigenvalue weighted by atomic mass is 9.75. The molecule has 1 saturated carbocycles. The van der Waals surface area contributed by atoms with E-state index in [0.29, 0.717) is 5.92 Å². The monoisotopic (exact) mass is 276 g/mol. The van der Waals surface area contributed by atoms with E-state index < -0.39 is 5.97 Å². The maximum atomic E-state index is 11.4. The Bertz CT molecular complexity index is 438. The summed E-state index contributed by atoms with van der Waals surface area (Å²) in [5.41, 5.74) is 1.26. The van der Waals surface area contributed by atoms with Gasteiger partial charge in [-0.1, -0.05) is 38.3 Å². The van der Waals surface area contributed by atoms with Crippen molar-refractivity contribution in [3.63, 3.8) is 0 Å². The molecular formula is C17H24O3. The van der Waals surface area contributed by atoms with Gasteiger partial charge < -0.3 is 9.84 Å². The molecule has 0 radical (unpaired) electrons. The van der Waals surface area contributed by atoms with Crippen molar-refractivity contribution in [3.05, 3.63) is 29.8 Å². The van der Waals surface area contributed by atoms with Gasteiger partial charge in [0, 0.05) is 0 Å². The summed E-state index contributed by atoms with van der Waals surface area (Å²) in [4.78, 5) is 11.4. The Morgan fingerprint density at radius 1 is 1.20 bits per heavy atom. The molecule has 0 aromatic heterocycles. The van der Waals surface area contributed by atoms with Gasteiger partial charge in [-0.3, -0.25) is 4.79 Å². The van der Waals surface area contributed by atoms with Gasteiger partial charge in [-0.25, -0.2) is 0 Å². The topological polar surface area (TPSA) is 46.5 Å². The van der Waals surface area contributed by atoms with E-state index >= 15 is 0 Å². The molecule has 20 heavy (non-hydrogen) atoms. The molecule has 1 aromatic rings. The number of aliphatic carboxylic acids is 1. The second kappa shape index (κ2) is 6.78. The quantitative estimate of drug-likeness (QED) is 0.843. The first-order valence-corrected chi connectivity index (χ1v) is 7.50. The van der Waals surface area contributed by atoms with E-state index in [1.165, 1.54) is 18.4 Å². The third kappa shape index (κ3) is 3.33. The smallest absolute Gasteiger partial charge is 0.306 e. The molecule has 2 rings (SSSR count). The van der Waals surface area contributed by atoms with Crippen LogP contribution in [0.2, 0.25) is 0 Å². The Morgan fingerprint density at radius 3 is 2.45 bits per heavy atom. The average Bonchev–Trinajstić information content (AvgIpc) is 2.72. The molecule has 0 spiro atoms. The molecule has 1 aromatic carbocycles. The highest BCUT2D eigenvalue weighted by Gasteiger charge is 2.32. The highest BCUT2D eigenvalue weighted by molar-refractivity contribution is 5.70. The molecule has 0 saturated heterocycles. The maximum Gasteiger partial charge on any atom is 0.306 e. The van der Waals surface area contributed by atoms with Gasteiger partial charge in [-0.05, 0) is 42.4 Å². The van der Waals surface area contributed by atoms with Gasteiger partial charge >= 0.3 is 5.97 Å². The van der Waals surface area contributed by atoms with Crippen LogP contribution in [0.1, 0.15) is 50.5 Å². The summed E-state index contributed by atoms with van der Waals surface area (Å²) in [6.45, 7) is 1.86. The fraction of sp³-hybridized carbons (Fsp3) is 0.588. The van der Waals surface area contributed by atoms with Crippen LogP contribution in [0.25, 0.3) is 0 Å². The molecular weight excluding hydrogens is 252 g/mol. The predicted molar refractivity (Wildman–Crippen MR) is 79.1 cm³/mol. The van der Waals surface area contributed by atoms with E-state index in [1.54, 1.807) is 7.11 Å².